The molecule has 0 aliphatic rings. The Morgan fingerprint density at radius 1 is 1.44 bits per heavy atom. The molecule has 1 amide bonds. The van der Waals surface area contributed by atoms with Gasteiger partial charge in [-0.25, -0.2) is 28.4 Å². The molecule has 9 nitrogen and oxygen atoms in total. The highest BCUT2D eigenvalue weighted by atomic mass is 32.1. The number of carbonyl (C=O) groups is 1. The van der Waals surface area contributed by atoms with Gasteiger partial charge in [0, 0.05) is 25.9 Å². The molecular formula is C16H16FN7O2S. The van der Waals surface area contributed by atoms with Crippen molar-refractivity contribution in [1.82, 2.24) is 24.3 Å². The predicted octanol–water partition coefficient (Wildman–Crippen LogP) is 1.32. The van der Waals surface area contributed by atoms with Crippen molar-refractivity contribution in [3.8, 4) is 15.6 Å². The monoisotopic (exact) mass is 389 g/mol. The summed E-state index contributed by atoms with van der Waals surface area (Å²) in [7, 11) is 0. The fourth-order valence-electron chi connectivity index (χ4n) is 2.26. The van der Waals surface area contributed by atoms with Gasteiger partial charge in [0.05, 0.1) is 17.8 Å². The highest BCUT2D eigenvalue weighted by Crippen LogP contribution is 2.28. The molecular weight excluding hydrogens is 373 g/mol. The van der Waals surface area contributed by atoms with E-state index >= 15 is 0 Å². The lowest BCUT2D eigenvalue weighted by molar-refractivity contribution is -0.114. The summed E-state index contributed by atoms with van der Waals surface area (Å²) in [4.78, 5) is 32.7. The zero-order valence-corrected chi connectivity index (χ0v) is 15.1. The first-order valence-electron chi connectivity index (χ1n) is 7.84. The van der Waals surface area contributed by atoms with Crippen LogP contribution >= 0.6 is 11.3 Å². The lowest BCUT2D eigenvalue weighted by atomic mass is 10.2. The maximum absolute atomic E-state index is 12.7. The number of carbonyl (C=O) groups excluding carboxylic acids is 1. The number of anilines is 1. The van der Waals surface area contributed by atoms with Crippen LogP contribution in [0.15, 0.2) is 47.6 Å². The van der Waals surface area contributed by atoms with Crippen molar-refractivity contribution in [1.29, 1.82) is 0 Å². The number of aromatic nitrogens is 5. The van der Waals surface area contributed by atoms with E-state index in [1.54, 1.807) is 24.5 Å². The van der Waals surface area contributed by atoms with E-state index in [1.165, 1.54) is 29.2 Å². The van der Waals surface area contributed by atoms with Crippen LogP contribution in [0.1, 0.15) is 6.92 Å². The van der Waals surface area contributed by atoms with Gasteiger partial charge in [0.25, 0.3) is 0 Å². The number of pyridine rings is 1. The van der Waals surface area contributed by atoms with Crippen LogP contribution in [0.4, 0.5) is 10.2 Å². The molecule has 3 rings (SSSR count). The minimum Gasteiger partial charge on any atom is -0.327 e. The van der Waals surface area contributed by atoms with Crippen molar-refractivity contribution in [2.75, 3.05) is 11.9 Å². The molecule has 0 unspecified atom stereocenters. The van der Waals surface area contributed by atoms with Crippen LogP contribution < -0.4 is 16.7 Å². The maximum Gasteiger partial charge on any atom is 0.352 e. The van der Waals surface area contributed by atoms with Gasteiger partial charge in [-0.05, 0) is 23.3 Å². The summed E-state index contributed by atoms with van der Waals surface area (Å²) < 4.78 is 15.1. The summed E-state index contributed by atoms with van der Waals surface area (Å²) in [5, 5.41) is 7.00. The molecule has 3 heterocycles. The SMILES string of the molecule is CC(=O)Nc1cc(-c2cnc(-n3cnn(C/C(=C/F)CN)c3=O)s2)ccn1. The zero-order valence-electron chi connectivity index (χ0n) is 14.3. The number of halogens is 1. The van der Waals surface area contributed by atoms with Crippen molar-refractivity contribution in [3.63, 3.8) is 0 Å². The smallest absolute Gasteiger partial charge is 0.327 e. The van der Waals surface area contributed by atoms with Gasteiger partial charge in [-0.2, -0.15) is 5.10 Å². The zero-order chi connectivity index (χ0) is 19.4. The average molecular weight is 389 g/mol. The third-order valence-electron chi connectivity index (χ3n) is 3.55. The molecule has 3 aromatic rings. The topological polar surface area (TPSA) is 121 Å². The first kappa shape index (κ1) is 18.6. The summed E-state index contributed by atoms with van der Waals surface area (Å²) in [5.41, 5.74) is 6.01. The molecule has 0 radical (unpaired) electrons. The van der Waals surface area contributed by atoms with Gasteiger partial charge in [0.15, 0.2) is 5.13 Å². The Bertz CT molecular complexity index is 1050. The highest BCUT2D eigenvalue weighted by molar-refractivity contribution is 7.17. The van der Waals surface area contributed by atoms with Crippen LogP contribution in [0.5, 0.6) is 0 Å². The Morgan fingerprint density at radius 2 is 2.26 bits per heavy atom. The number of hydrogen-bond donors (Lipinski definition) is 2. The quantitative estimate of drug-likeness (QED) is 0.656. The summed E-state index contributed by atoms with van der Waals surface area (Å²) in [5.74, 6) is 0.204. The van der Waals surface area contributed by atoms with Gasteiger partial charge in [0.2, 0.25) is 5.91 Å². The van der Waals surface area contributed by atoms with Crippen LogP contribution in [0.3, 0.4) is 0 Å². The average Bonchev–Trinajstić information content (AvgIpc) is 3.26. The van der Waals surface area contributed by atoms with Crippen LogP contribution in [-0.4, -0.2) is 36.8 Å². The van der Waals surface area contributed by atoms with E-state index in [0.717, 1.165) is 15.1 Å². The summed E-state index contributed by atoms with van der Waals surface area (Å²) in [6.45, 7) is 1.37. The molecule has 3 aromatic heterocycles. The van der Waals surface area contributed by atoms with Gasteiger partial charge >= 0.3 is 5.69 Å². The number of rotatable bonds is 6. The van der Waals surface area contributed by atoms with E-state index < -0.39 is 5.69 Å². The van der Waals surface area contributed by atoms with E-state index in [9.17, 15) is 14.0 Å². The number of thiazole rings is 1. The predicted molar refractivity (Wildman–Crippen MR) is 99.3 cm³/mol. The molecule has 0 atom stereocenters. The van der Waals surface area contributed by atoms with Crippen LogP contribution in [-0.2, 0) is 11.3 Å². The number of nitrogens with two attached hydrogens (primary N) is 1. The number of amides is 1. The van der Waals surface area contributed by atoms with Crippen LogP contribution in [0.2, 0.25) is 0 Å². The minimum absolute atomic E-state index is 0.00409. The highest BCUT2D eigenvalue weighted by Gasteiger charge is 2.13. The van der Waals surface area contributed by atoms with Crippen molar-refractivity contribution in [2.24, 2.45) is 5.73 Å². The van der Waals surface area contributed by atoms with Gasteiger partial charge in [-0.3, -0.25) is 4.79 Å². The van der Waals surface area contributed by atoms with Crippen LogP contribution in [0.25, 0.3) is 15.6 Å². The Kier molecular flexibility index (Phi) is 5.52. The van der Waals surface area contributed by atoms with Gasteiger partial charge in [-0.15, -0.1) is 0 Å². The van der Waals surface area contributed by atoms with Gasteiger partial charge < -0.3 is 11.1 Å². The molecule has 27 heavy (non-hydrogen) atoms. The fraction of sp³-hybridized carbons (Fsp3) is 0.188. The minimum atomic E-state index is -0.447. The standard InChI is InChI=1S/C16H16FN7O2S/c1-10(25)22-14-4-12(2-3-19-14)13-7-20-15(27-13)23-9-21-24(16(23)26)8-11(5-17)6-18/h2-5,7,9H,6,8,18H2,1H3,(H,19,22,25)/b11-5+. The molecule has 0 saturated carbocycles. The molecule has 140 valence electrons. The largest absolute Gasteiger partial charge is 0.352 e. The Hall–Kier alpha value is -3.18. The molecule has 0 bridgehead atoms. The van der Waals surface area contributed by atoms with E-state index in [4.69, 9.17) is 5.73 Å². The molecule has 3 N–H and O–H groups in total. The van der Waals surface area contributed by atoms with E-state index in [1.807, 2.05) is 0 Å². The van der Waals surface area contributed by atoms with Crippen LogP contribution in [0, 0.1) is 0 Å². The summed E-state index contributed by atoms with van der Waals surface area (Å²) in [6.07, 6.45) is 4.89. The third-order valence-corrected chi connectivity index (χ3v) is 4.60. The first-order chi connectivity index (χ1) is 13.0. The molecule has 0 aromatic carbocycles. The fourth-order valence-corrected chi connectivity index (χ4v) is 3.13. The first-order valence-corrected chi connectivity index (χ1v) is 8.66. The Labute approximate surface area is 157 Å². The lowest BCUT2D eigenvalue weighted by Gasteiger charge is -2.02. The summed E-state index contributed by atoms with van der Waals surface area (Å²) >= 11 is 1.27. The van der Waals surface area contributed by atoms with Crippen molar-refractivity contribution >= 4 is 23.1 Å². The second kappa shape index (κ2) is 8.01. The second-order valence-corrected chi connectivity index (χ2v) is 6.54. The number of nitrogens with one attached hydrogen (secondary N) is 1. The maximum atomic E-state index is 12.7. The van der Waals surface area contributed by atoms with E-state index in [0.29, 0.717) is 17.3 Å². The van der Waals surface area contributed by atoms with E-state index in [2.05, 4.69) is 20.4 Å². The third kappa shape index (κ3) is 4.15. The molecule has 0 fully saturated rings. The van der Waals surface area contributed by atoms with Gasteiger partial charge in [-0.1, -0.05) is 11.3 Å². The normalized spacial score (nSPS) is 11.6. The molecule has 0 spiro atoms. The summed E-state index contributed by atoms with van der Waals surface area (Å²) in [6, 6.07) is 3.48. The second-order valence-electron chi connectivity index (χ2n) is 5.53. The van der Waals surface area contributed by atoms with Crippen molar-refractivity contribution < 1.29 is 9.18 Å². The van der Waals surface area contributed by atoms with Crippen molar-refractivity contribution in [3.05, 3.63) is 53.2 Å². The van der Waals surface area contributed by atoms with E-state index in [-0.39, 0.29) is 24.6 Å². The number of nitrogens with zero attached hydrogens (tertiary/aromatic N) is 5. The molecule has 0 saturated heterocycles. The van der Waals surface area contributed by atoms with Crippen molar-refractivity contribution in [2.45, 2.75) is 13.5 Å². The Morgan fingerprint density at radius 3 is 2.96 bits per heavy atom. The molecule has 0 aliphatic carbocycles. The molecule has 0 aliphatic heterocycles. The Balaban J connectivity index is 1.88. The number of hydrogen-bond acceptors (Lipinski definition) is 7. The molecule has 11 heteroatoms. The van der Waals surface area contributed by atoms with Gasteiger partial charge in [0.1, 0.15) is 12.1 Å². The lowest BCUT2D eigenvalue weighted by Crippen LogP contribution is -2.25.